The smallest absolute Gasteiger partial charge is 0.238 e. The molecule has 0 aromatic heterocycles. The fourth-order valence-electron chi connectivity index (χ4n) is 4.99. The lowest BCUT2D eigenvalue weighted by Gasteiger charge is -2.32. The molecule has 5 rings (SSSR count). The van der Waals surface area contributed by atoms with Crippen LogP contribution in [-0.2, 0) is 9.59 Å². The van der Waals surface area contributed by atoms with Crippen LogP contribution in [0.2, 0.25) is 0 Å². The number of rotatable bonds is 3. The van der Waals surface area contributed by atoms with Gasteiger partial charge in [0.05, 0.1) is 17.5 Å². The molecule has 30 heavy (non-hydrogen) atoms. The molecule has 0 unspecified atom stereocenters. The summed E-state index contributed by atoms with van der Waals surface area (Å²) in [5.74, 6) is -1.23. The first-order valence-corrected chi connectivity index (χ1v) is 10.4. The summed E-state index contributed by atoms with van der Waals surface area (Å²) >= 11 is 0. The number of carbonyl (C=O) groups excluding carboxylic acids is 2. The molecular formula is C27H23NO2. The van der Waals surface area contributed by atoms with Crippen LogP contribution in [0.1, 0.15) is 28.5 Å². The highest BCUT2D eigenvalue weighted by molar-refractivity contribution is 6.23. The molecule has 0 saturated carbocycles. The largest absolute Gasteiger partial charge is 0.274 e. The first kappa shape index (κ1) is 18.6. The minimum atomic E-state index is -0.408. The topological polar surface area (TPSA) is 37.4 Å². The van der Waals surface area contributed by atoms with E-state index in [2.05, 4.69) is 12.2 Å². The third-order valence-electron chi connectivity index (χ3n) is 6.42. The molecule has 4 atom stereocenters. The molecule has 0 radical (unpaired) electrons. The molecule has 2 aliphatic rings. The number of imide groups is 1. The van der Waals surface area contributed by atoms with Gasteiger partial charge in [0.25, 0.3) is 0 Å². The Morgan fingerprint density at radius 1 is 0.600 bits per heavy atom. The van der Waals surface area contributed by atoms with Gasteiger partial charge in [-0.25, -0.2) is 4.90 Å². The summed E-state index contributed by atoms with van der Waals surface area (Å²) in [7, 11) is 0. The van der Waals surface area contributed by atoms with Gasteiger partial charge in [-0.1, -0.05) is 91.0 Å². The Hall–Kier alpha value is -3.46. The van der Waals surface area contributed by atoms with Gasteiger partial charge in [0.15, 0.2) is 0 Å². The van der Waals surface area contributed by atoms with Gasteiger partial charge in [0.1, 0.15) is 0 Å². The van der Waals surface area contributed by atoms with Gasteiger partial charge in [0.2, 0.25) is 11.8 Å². The summed E-state index contributed by atoms with van der Waals surface area (Å²) in [4.78, 5) is 28.9. The molecule has 1 aliphatic heterocycles. The Morgan fingerprint density at radius 2 is 1.03 bits per heavy atom. The molecule has 1 heterocycles. The summed E-state index contributed by atoms with van der Waals surface area (Å²) in [6.45, 7) is 1.94. The number of benzene rings is 3. The van der Waals surface area contributed by atoms with Crippen molar-refractivity contribution in [3.8, 4) is 0 Å². The van der Waals surface area contributed by atoms with Crippen LogP contribution in [0.5, 0.6) is 0 Å². The highest BCUT2D eigenvalue weighted by atomic mass is 16.2. The van der Waals surface area contributed by atoms with Crippen LogP contribution in [0.4, 0.5) is 5.69 Å². The minimum absolute atomic E-state index is 0.0987. The molecular weight excluding hydrogens is 370 g/mol. The lowest BCUT2D eigenvalue weighted by Crippen LogP contribution is -2.32. The average molecular weight is 393 g/mol. The van der Waals surface area contributed by atoms with Crippen LogP contribution in [-0.4, -0.2) is 11.8 Å². The zero-order valence-electron chi connectivity index (χ0n) is 16.8. The second kappa shape index (κ2) is 7.42. The van der Waals surface area contributed by atoms with Crippen LogP contribution in [0, 0.1) is 18.8 Å². The zero-order chi connectivity index (χ0) is 20.7. The lowest BCUT2D eigenvalue weighted by molar-refractivity contribution is -0.122. The van der Waals surface area contributed by atoms with Crippen LogP contribution in [0.15, 0.2) is 97.1 Å². The third-order valence-corrected chi connectivity index (χ3v) is 6.42. The summed E-state index contributed by atoms with van der Waals surface area (Å²) in [6.07, 6.45) is 4.25. The van der Waals surface area contributed by atoms with Gasteiger partial charge in [-0.05, 0) is 29.7 Å². The van der Waals surface area contributed by atoms with E-state index in [4.69, 9.17) is 0 Å². The predicted molar refractivity (Wildman–Crippen MR) is 118 cm³/mol. The summed E-state index contributed by atoms with van der Waals surface area (Å²) < 4.78 is 0. The Balaban J connectivity index is 1.65. The van der Waals surface area contributed by atoms with Crippen molar-refractivity contribution < 1.29 is 9.59 Å². The number of hydrogen-bond acceptors (Lipinski definition) is 2. The third kappa shape index (κ3) is 2.89. The Bertz CT molecular complexity index is 1050. The highest BCUT2D eigenvalue weighted by Crippen LogP contribution is 2.50. The van der Waals surface area contributed by atoms with E-state index in [1.54, 1.807) is 0 Å². The Labute approximate surface area is 176 Å². The standard InChI is InChI=1S/C27H23NO2/c1-18-10-8-9-15-23(18)28-26(29)24-21(19-11-4-2-5-12-19)16-17-22(25(24)27(28)30)20-13-6-3-7-14-20/h2-17,21-22,24-25H,1H3/t21-,22+,24+,25-. The van der Waals surface area contributed by atoms with E-state index in [0.717, 1.165) is 16.7 Å². The maximum Gasteiger partial charge on any atom is 0.238 e. The van der Waals surface area contributed by atoms with Crippen molar-refractivity contribution in [1.82, 2.24) is 0 Å². The number of allylic oxidation sites excluding steroid dienone is 2. The maximum absolute atomic E-state index is 13.7. The summed E-state index contributed by atoms with van der Waals surface area (Å²) in [5.41, 5.74) is 3.77. The number of nitrogens with zero attached hydrogens (tertiary/aromatic N) is 1. The van der Waals surface area contributed by atoms with Crippen molar-refractivity contribution in [3.05, 3.63) is 114 Å². The molecule has 3 aromatic rings. The van der Waals surface area contributed by atoms with Gasteiger partial charge in [-0.3, -0.25) is 9.59 Å². The quantitative estimate of drug-likeness (QED) is 0.451. The number of hydrogen-bond donors (Lipinski definition) is 0. The van der Waals surface area contributed by atoms with Gasteiger partial charge in [-0.2, -0.15) is 0 Å². The van der Waals surface area contributed by atoms with Crippen molar-refractivity contribution in [2.45, 2.75) is 18.8 Å². The van der Waals surface area contributed by atoms with E-state index >= 15 is 0 Å². The van der Waals surface area contributed by atoms with Crippen molar-refractivity contribution in [3.63, 3.8) is 0 Å². The molecule has 1 saturated heterocycles. The lowest BCUT2D eigenvalue weighted by atomic mass is 9.68. The minimum Gasteiger partial charge on any atom is -0.274 e. The van der Waals surface area contributed by atoms with Crippen LogP contribution in [0.3, 0.4) is 0 Å². The van der Waals surface area contributed by atoms with E-state index in [-0.39, 0.29) is 23.7 Å². The van der Waals surface area contributed by atoms with E-state index in [0.29, 0.717) is 5.69 Å². The number of carbonyl (C=O) groups is 2. The van der Waals surface area contributed by atoms with E-state index in [9.17, 15) is 9.59 Å². The fourth-order valence-corrected chi connectivity index (χ4v) is 4.99. The van der Waals surface area contributed by atoms with E-state index in [1.807, 2.05) is 91.9 Å². The molecule has 0 N–H and O–H groups in total. The van der Waals surface area contributed by atoms with E-state index < -0.39 is 11.8 Å². The normalized spacial score (nSPS) is 25.4. The second-order valence-corrected chi connectivity index (χ2v) is 8.11. The van der Waals surface area contributed by atoms with Crippen molar-refractivity contribution >= 4 is 17.5 Å². The fraction of sp³-hybridized carbons (Fsp3) is 0.185. The molecule has 1 fully saturated rings. The predicted octanol–water partition coefficient (Wildman–Crippen LogP) is 5.24. The Morgan fingerprint density at radius 3 is 1.50 bits per heavy atom. The van der Waals surface area contributed by atoms with Crippen LogP contribution < -0.4 is 4.90 Å². The molecule has 1 aliphatic carbocycles. The molecule has 3 nitrogen and oxygen atoms in total. The molecule has 3 heteroatoms. The maximum atomic E-state index is 13.7. The average Bonchev–Trinajstić information content (AvgIpc) is 3.06. The number of anilines is 1. The monoisotopic (exact) mass is 393 g/mol. The van der Waals surface area contributed by atoms with Crippen molar-refractivity contribution in [1.29, 1.82) is 0 Å². The van der Waals surface area contributed by atoms with Crippen LogP contribution >= 0.6 is 0 Å². The first-order valence-electron chi connectivity index (χ1n) is 10.4. The van der Waals surface area contributed by atoms with Crippen LogP contribution in [0.25, 0.3) is 0 Å². The second-order valence-electron chi connectivity index (χ2n) is 8.11. The molecule has 3 aromatic carbocycles. The van der Waals surface area contributed by atoms with Gasteiger partial charge < -0.3 is 0 Å². The first-order chi connectivity index (χ1) is 14.7. The van der Waals surface area contributed by atoms with E-state index in [1.165, 1.54) is 4.90 Å². The number of aryl methyl sites for hydroxylation is 1. The van der Waals surface area contributed by atoms with Crippen molar-refractivity contribution in [2.24, 2.45) is 11.8 Å². The Kier molecular flexibility index (Phi) is 4.59. The van der Waals surface area contributed by atoms with Gasteiger partial charge in [-0.15, -0.1) is 0 Å². The molecule has 0 bridgehead atoms. The molecule has 148 valence electrons. The van der Waals surface area contributed by atoms with Gasteiger partial charge in [0, 0.05) is 11.8 Å². The molecule has 2 amide bonds. The SMILES string of the molecule is Cc1ccccc1N1C(=O)[C@@H]2[C@H](C1=O)[C@H](c1ccccc1)C=C[C@@H]2c1ccccc1. The number of para-hydroxylation sites is 1. The summed E-state index contributed by atoms with van der Waals surface area (Å²) in [6, 6.07) is 27.7. The number of amides is 2. The zero-order valence-corrected chi connectivity index (χ0v) is 16.8. The van der Waals surface area contributed by atoms with Crippen molar-refractivity contribution in [2.75, 3.05) is 4.90 Å². The highest BCUT2D eigenvalue weighted by Gasteiger charge is 2.55. The van der Waals surface area contributed by atoms with Gasteiger partial charge >= 0.3 is 0 Å². The summed E-state index contributed by atoms with van der Waals surface area (Å²) in [5, 5.41) is 0. The molecule has 0 spiro atoms. The number of fused-ring (bicyclic) bond motifs is 1.